The van der Waals surface area contributed by atoms with Gasteiger partial charge in [-0.2, -0.15) is 13.2 Å². The van der Waals surface area contributed by atoms with E-state index >= 15 is 0 Å². The maximum atomic E-state index is 13.2. The highest BCUT2D eigenvalue weighted by Gasteiger charge is 2.33. The van der Waals surface area contributed by atoms with E-state index in [1.165, 1.54) is 12.1 Å². The molecule has 1 heterocycles. The molecule has 0 unspecified atom stereocenters. The normalized spacial score (nSPS) is 10.8. The van der Waals surface area contributed by atoms with Crippen molar-refractivity contribution in [2.75, 3.05) is 5.32 Å². The predicted octanol–water partition coefficient (Wildman–Crippen LogP) is 6.18. The third-order valence-electron chi connectivity index (χ3n) is 3.98. The number of pyridine rings is 1. The Morgan fingerprint density at radius 3 is 2.45 bits per heavy atom. The number of ether oxygens (including phenoxy) is 1. The molecule has 1 aromatic heterocycles. The number of hydrogen-bond acceptors (Lipinski definition) is 3. The minimum absolute atomic E-state index is 0. The van der Waals surface area contributed by atoms with Crippen molar-refractivity contribution in [3.8, 4) is 17.0 Å². The lowest BCUT2D eigenvalue weighted by Gasteiger charge is -2.16. The highest BCUT2D eigenvalue weighted by Crippen LogP contribution is 2.35. The molecule has 29 heavy (non-hydrogen) atoms. The first-order valence-corrected chi connectivity index (χ1v) is 8.51. The van der Waals surface area contributed by atoms with Crippen molar-refractivity contribution in [3.63, 3.8) is 0 Å². The Morgan fingerprint density at radius 2 is 1.72 bits per heavy atom. The van der Waals surface area contributed by atoms with Gasteiger partial charge in [-0.3, -0.25) is 10.4 Å². The van der Waals surface area contributed by atoms with Crippen LogP contribution < -0.4 is 10.1 Å². The van der Waals surface area contributed by atoms with Crippen molar-refractivity contribution < 1.29 is 17.9 Å². The molecule has 8 heteroatoms. The number of rotatable bonds is 5. The number of amidine groups is 1. The summed E-state index contributed by atoms with van der Waals surface area (Å²) in [5.41, 5.74) is 1.16. The van der Waals surface area contributed by atoms with Crippen molar-refractivity contribution in [2.45, 2.75) is 19.7 Å². The van der Waals surface area contributed by atoms with Crippen LogP contribution in [0.1, 0.15) is 18.1 Å². The van der Waals surface area contributed by atoms with Gasteiger partial charge >= 0.3 is 6.18 Å². The van der Waals surface area contributed by atoms with Crippen molar-refractivity contribution in [3.05, 3.63) is 78.0 Å². The number of aromatic nitrogens is 1. The van der Waals surface area contributed by atoms with Gasteiger partial charge in [-0.25, -0.2) is 0 Å². The maximum Gasteiger partial charge on any atom is 0.416 e. The molecule has 0 bridgehead atoms. The van der Waals surface area contributed by atoms with E-state index in [1.54, 1.807) is 37.4 Å². The lowest BCUT2D eigenvalue weighted by atomic mass is 10.1. The molecule has 0 aliphatic rings. The Balaban J connectivity index is 0.00000300. The van der Waals surface area contributed by atoms with Crippen LogP contribution in [0.3, 0.4) is 0 Å². The summed E-state index contributed by atoms with van der Waals surface area (Å²) in [6.07, 6.45) is -2.87. The first-order chi connectivity index (χ1) is 13.4. The van der Waals surface area contributed by atoms with E-state index in [4.69, 9.17) is 10.1 Å². The average molecular weight is 422 g/mol. The molecule has 0 amide bonds. The van der Waals surface area contributed by atoms with E-state index in [-0.39, 0.29) is 30.4 Å². The highest BCUT2D eigenvalue weighted by molar-refractivity contribution is 5.95. The summed E-state index contributed by atoms with van der Waals surface area (Å²) in [7, 11) is 0. The van der Waals surface area contributed by atoms with Crippen LogP contribution in [0.25, 0.3) is 11.3 Å². The fourth-order valence-electron chi connectivity index (χ4n) is 2.79. The zero-order valence-electron chi connectivity index (χ0n) is 15.5. The quantitative estimate of drug-likeness (QED) is 0.382. The lowest BCUT2D eigenvalue weighted by Crippen LogP contribution is -2.11. The van der Waals surface area contributed by atoms with Crippen LogP contribution in [-0.2, 0) is 12.8 Å². The second-order valence-electron chi connectivity index (χ2n) is 6.09. The van der Waals surface area contributed by atoms with Gasteiger partial charge in [-0.1, -0.05) is 36.4 Å². The van der Waals surface area contributed by atoms with Gasteiger partial charge < -0.3 is 10.1 Å². The number of benzene rings is 2. The van der Waals surface area contributed by atoms with Crippen LogP contribution in [0.15, 0.2) is 66.9 Å². The molecule has 4 nitrogen and oxygen atoms in total. The SMILES string of the molecule is CC(=N)Nc1ccccc1-c1ncccc1OCc1ccccc1C(F)(F)F.Cl. The third kappa shape index (κ3) is 5.48. The zero-order chi connectivity index (χ0) is 20.1. The van der Waals surface area contributed by atoms with E-state index < -0.39 is 11.7 Å². The van der Waals surface area contributed by atoms with Crippen LogP contribution in [0.2, 0.25) is 0 Å². The number of hydrogen-bond donors (Lipinski definition) is 2. The van der Waals surface area contributed by atoms with Crippen molar-refractivity contribution in [2.24, 2.45) is 0 Å². The first-order valence-electron chi connectivity index (χ1n) is 8.51. The molecule has 0 saturated heterocycles. The summed E-state index contributed by atoms with van der Waals surface area (Å²) in [4.78, 5) is 4.34. The fourth-order valence-corrected chi connectivity index (χ4v) is 2.79. The van der Waals surface area contributed by atoms with Crippen LogP contribution in [0.5, 0.6) is 5.75 Å². The Kier molecular flexibility index (Phi) is 7.23. The van der Waals surface area contributed by atoms with E-state index in [0.29, 0.717) is 22.7 Å². The molecule has 2 N–H and O–H groups in total. The predicted molar refractivity (Wildman–Crippen MR) is 110 cm³/mol. The first kappa shape index (κ1) is 22.2. The minimum atomic E-state index is -4.45. The fraction of sp³-hybridized carbons (Fsp3) is 0.143. The van der Waals surface area contributed by atoms with E-state index in [1.807, 2.05) is 18.2 Å². The average Bonchev–Trinajstić information content (AvgIpc) is 2.66. The molecule has 3 aromatic rings. The Hall–Kier alpha value is -3.06. The summed E-state index contributed by atoms with van der Waals surface area (Å²) >= 11 is 0. The van der Waals surface area contributed by atoms with Gasteiger partial charge in [0.25, 0.3) is 0 Å². The molecule has 2 aromatic carbocycles. The Labute approximate surface area is 172 Å². The monoisotopic (exact) mass is 421 g/mol. The van der Waals surface area contributed by atoms with E-state index in [9.17, 15) is 13.2 Å². The van der Waals surface area contributed by atoms with Gasteiger partial charge in [0.1, 0.15) is 18.1 Å². The standard InChI is InChI=1S/C21H18F3N3O.ClH/c1-14(25)27-18-10-5-3-8-16(18)20-19(11-6-12-26-20)28-13-15-7-2-4-9-17(15)21(22,23)24;/h2-12H,13H2,1H3,(H2,25,27);1H. The second kappa shape index (κ2) is 9.43. The van der Waals surface area contributed by atoms with E-state index in [2.05, 4.69) is 10.3 Å². The second-order valence-corrected chi connectivity index (χ2v) is 6.09. The molecule has 0 saturated carbocycles. The summed E-state index contributed by atoms with van der Waals surface area (Å²) in [5, 5.41) is 10.6. The van der Waals surface area contributed by atoms with Crippen molar-refractivity contribution >= 4 is 23.9 Å². The third-order valence-corrected chi connectivity index (χ3v) is 3.98. The largest absolute Gasteiger partial charge is 0.487 e. The van der Waals surface area contributed by atoms with Crippen LogP contribution in [0, 0.1) is 5.41 Å². The number of alkyl halides is 3. The van der Waals surface area contributed by atoms with E-state index in [0.717, 1.165) is 6.07 Å². The number of halogens is 4. The molecule has 0 radical (unpaired) electrons. The molecule has 0 atom stereocenters. The maximum absolute atomic E-state index is 13.2. The summed E-state index contributed by atoms with van der Waals surface area (Å²) in [6, 6.07) is 15.9. The Morgan fingerprint density at radius 1 is 1.03 bits per heavy atom. The van der Waals surface area contributed by atoms with Crippen molar-refractivity contribution in [1.29, 1.82) is 5.41 Å². The smallest absolute Gasteiger partial charge is 0.416 e. The molecule has 0 aliphatic heterocycles. The number of anilines is 1. The number of nitrogens with one attached hydrogen (secondary N) is 2. The van der Waals surface area contributed by atoms with Crippen molar-refractivity contribution in [1.82, 2.24) is 4.98 Å². The summed E-state index contributed by atoms with van der Waals surface area (Å²) in [6.45, 7) is 1.37. The topological polar surface area (TPSA) is 58.0 Å². The summed E-state index contributed by atoms with van der Waals surface area (Å²) in [5.74, 6) is 0.612. The van der Waals surface area contributed by atoms with Gasteiger partial charge in [-0.15, -0.1) is 12.4 Å². The molecular weight excluding hydrogens is 403 g/mol. The minimum Gasteiger partial charge on any atom is -0.487 e. The number of nitrogens with zero attached hydrogens (tertiary/aromatic N) is 1. The highest BCUT2D eigenvalue weighted by atomic mass is 35.5. The molecule has 3 rings (SSSR count). The van der Waals surface area contributed by atoms with Crippen LogP contribution in [-0.4, -0.2) is 10.8 Å². The van der Waals surface area contributed by atoms with Crippen LogP contribution >= 0.6 is 12.4 Å². The molecular formula is C21H19ClF3N3O. The molecule has 152 valence electrons. The summed E-state index contributed by atoms with van der Waals surface area (Å²) < 4.78 is 45.3. The molecule has 0 aliphatic carbocycles. The molecule has 0 spiro atoms. The molecule has 0 fully saturated rings. The van der Waals surface area contributed by atoms with Gasteiger partial charge in [-0.05, 0) is 31.2 Å². The lowest BCUT2D eigenvalue weighted by molar-refractivity contribution is -0.138. The van der Waals surface area contributed by atoms with Gasteiger partial charge in [0, 0.05) is 23.0 Å². The Bertz CT molecular complexity index is 993. The van der Waals surface area contributed by atoms with Crippen LogP contribution in [0.4, 0.5) is 18.9 Å². The zero-order valence-corrected chi connectivity index (χ0v) is 16.3. The number of para-hydroxylation sites is 1. The van der Waals surface area contributed by atoms with Gasteiger partial charge in [0.05, 0.1) is 11.4 Å². The van der Waals surface area contributed by atoms with Gasteiger partial charge in [0.15, 0.2) is 0 Å². The van der Waals surface area contributed by atoms with Gasteiger partial charge in [0.2, 0.25) is 0 Å².